The van der Waals surface area contributed by atoms with Gasteiger partial charge >= 0.3 is 0 Å². The van der Waals surface area contributed by atoms with Crippen LogP contribution >= 0.6 is 12.4 Å². The van der Waals surface area contributed by atoms with Crippen LogP contribution in [-0.2, 0) is 0 Å². The average molecular weight is 406 g/mol. The molecule has 0 aromatic heterocycles. The van der Waals surface area contributed by atoms with Gasteiger partial charge < -0.3 is 16.8 Å². The first-order valence-electron chi connectivity index (χ1n) is 9.87. The van der Waals surface area contributed by atoms with E-state index in [1.165, 1.54) is 27.1 Å². The highest BCUT2D eigenvalue weighted by Crippen LogP contribution is 2.18. The molecule has 4 heteroatoms. The van der Waals surface area contributed by atoms with E-state index in [0.717, 1.165) is 48.4 Å². The molecule has 0 radical (unpaired) electrons. The van der Waals surface area contributed by atoms with Crippen LogP contribution in [0.1, 0.15) is 24.0 Å². The Morgan fingerprint density at radius 2 is 1.59 bits per heavy atom. The maximum Gasteiger partial charge on any atom is 0.0344 e. The number of hydrogen-bond donors (Lipinski definition) is 3. The summed E-state index contributed by atoms with van der Waals surface area (Å²) >= 11 is 0. The third-order valence-electron chi connectivity index (χ3n) is 5.51. The van der Waals surface area contributed by atoms with Crippen molar-refractivity contribution in [3.8, 4) is 11.1 Å². The number of benzene rings is 3. The third kappa shape index (κ3) is 4.81. The molecule has 3 aromatic carbocycles. The molecule has 1 aliphatic heterocycles. The highest BCUT2D eigenvalue weighted by Gasteiger charge is 2.07. The van der Waals surface area contributed by atoms with Crippen molar-refractivity contribution >= 4 is 35.4 Å². The molecule has 0 amide bonds. The standard InChI is InChI=1S/C25H27N3.ClH/c1-17-14-18(2-9-25(17)27)15-22-4-3-21(19-10-12-28-13-11-19)16-24(22)20-5-7-23(26)8-6-20;/h2-9,14-16,28H,10-13,26-27H2,1H3;1H/b22-15+;. The van der Waals surface area contributed by atoms with Gasteiger partial charge in [0, 0.05) is 11.4 Å². The Labute approximate surface area is 178 Å². The molecular formula is C25H28ClN3. The largest absolute Gasteiger partial charge is 0.399 e. The average Bonchev–Trinajstić information content (AvgIpc) is 2.72. The van der Waals surface area contributed by atoms with E-state index in [4.69, 9.17) is 11.5 Å². The van der Waals surface area contributed by atoms with E-state index in [2.05, 4.69) is 53.9 Å². The number of nitrogen functional groups attached to an aromatic ring is 2. The minimum atomic E-state index is 0. The lowest BCUT2D eigenvalue weighted by Gasteiger charge is -2.16. The van der Waals surface area contributed by atoms with Gasteiger partial charge in [0.25, 0.3) is 0 Å². The summed E-state index contributed by atoms with van der Waals surface area (Å²) in [4.78, 5) is 0. The van der Waals surface area contributed by atoms with E-state index < -0.39 is 0 Å². The smallest absolute Gasteiger partial charge is 0.0344 e. The van der Waals surface area contributed by atoms with E-state index in [1.54, 1.807) is 0 Å². The summed E-state index contributed by atoms with van der Waals surface area (Å²) < 4.78 is 0. The molecule has 0 aliphatic carbocycles. The van der Waals surface area contributed by atoms with Crippen LogP contribution < -0.4 is 27.2 Å². The van der Waals surface area contributed by atoms with Crippen molar-refractivity contribution < 1.29 is 0 Å². The Balaban J connectivity index is 0.00000240. The van der Waals surface area contributed by atoms with Gasteiger partial charge in [0.2, 0.25) is 0 Å². The van der Waals surface area contributed by atoms with Gasteiger partial charge in [0.15, 0.2) is 0 Å². The summed E-state index contributed by atoms with van der Waals surface area (Å²) in [5.74, 6) is 0. The Kier molecular flexibility index (Phi) is 6.63. The molecule has 3 aromatic rings. The van der Waals surface area contributed by atoms with E-state index >= 15 is 0 Å². The minimum absolute atomic E-state index is 0. The second kappa shape index (κ2) is 9.17. The van der Waals surface area contributed by atoms with Crippen LogP contribution in [-0.4, -0.2) is 13.1 Å². The summed E-state index contributed by atoms with van der Waals surface area (Å²) in [7, 11) is 0. The molecule has 3 nitrogen and oxygen atoms in total. The number of aryl methyl sites for hydroxylation is 1. The van der Waals surface area contributed by atoms with Crippen LogP contribution in [0, 0.1) is 6.92 Å². The quantitative estimate of drug-likeness (QED) is 0.570. The molecule has 1 aliphatic rings. The summed E-state index contributed by atoms with van der Waals surface area (Å²) in [6, 6.07) is 21.2. The van der Waals surface area contributed by atoms with Crippen LogP contribution in [0.25, 0.3) is 22.8 Å². The summed E-state index contributed by atoms with van der Waals surface area (Å²) in [6.45, 7) is 4.17. The van der Waals surface area contributed by atoms with E-state index in [0.29, 0.717) is 0 Å². The third-order valence-corrected chi connectivity index (χ3v) is 5.51. The SMILES string of the molecule is Cc1cc(/C=c2\ccc(=C3CCNCC3)cc2-c2ccc(N)cc2)ccc1N.Cl. The maximum atomic E-state index is 5.99. The van der Waals surface area contributed by atoms with Gasteiger partial charge in [-0.25, -0.2) is 0 Å². The summed E-state index contributed by atoms with van der Waals surface area (Å²) in [5, 5.41) is 5.99. The Morgan fingerprint density at radius 1 is 0.862 bits per heavy atom. The van der Waals surface area contributed by atoms with Crippen LogP contribution in [0.2, 0.25) is 0 Å². The zero-order chi connectivity index (χ0) is 19.5. The second-order valence-corrected chi connectivity index (χ2v) is 7.54. The van der Waals surface area contributed by atoms with Crippen molar-refractivity contribution in [2.45, 2.75) is 19.8 Å². The Hall–Kier alpha value is -2.75. The van der Waals surface area contributed by atoms with Gasteiger partial charge in [-0.15, -0.1) is 12.4 Å². The first kappa shape index (κ1) is 21.0. The normalized spacial score (nSPS) is 14.5. The number of halogens is 1. The van der Waals surface area contributed by atoms with Gasteiger partial charge in [-0.05, 0) is 102 Å². The molecule has 29 heavy (non-hydrogen) atoms. The Morgan fingerprint density at radius 3 is 2.28 bits per heavy atom. The molecule has 1 saturated heterocycles. The lowest BCUT2D eigenvalue weighted by atomic mass is 9.96. The number of rotatable bonds is 2. The molecule has 0 saturated carbocycles. The van der Waals surface area contributed by atoms with E-state index in [-0.39, 0.29) is 12.4 Å². The second-order valence-electron chi connectivity index (χ2n) is 7.54. The molecule has 0 atom stereocenters. The molecule has 0 spiro atoms. The van der Waals surface area contributed by atoms with Crippen molar-refractivity contribution in [1.82, 2.24) is 5.32 Å². The van der Waals surface area contributed by atoms with Gasteiger partial charge in [-0.2, -0.15) is 0 Å². The molecular weight excluding hydrogens is 378 g/mol. The first-order chi connectivity index (χ1) is 13.6. The van der Waals surface area contributed by atoms with Crippen molar-refractivity contribution in [3.05, 3.63) is 82.2 Å². The van der Waals surface area contributed by atoms with Crippen molar-refractivity contribution in [3.63, 3.8) is 0 Å². The fourth-order valence-corrected chi connectivity index (χ4v) is 3.80. The van der Waals surface area contributed by atoms with Crippen molar-refractivity contribution in [2.75, 3.05) is 24.6 Å². The number of piperidine rings is 1. The van der Waals surface area contributed by atoms with Gasteiger partial charge in [-0.1, -0.05) is 35.9 Å². The zero-order valence-corrected chi connectivity index (χ0v) is 17.6. The fraction of sp³-hybridized carbons (Fsp3) is 0.200. The highest BCUT2D eigenvalue weighted by atomic mass is 35.5. The van der Waals surface area contributed by atoms with Crippen LogP contribution in [0.15, 0.2) is 60.7 Å². The van der Waals surface area contributed by atoms with Gasteiger partial charge in [0.1, 0.15) is 0 Å². The van der Waals surface area contributed by atoms with Gasteiger partial charge in [0.05, 0.1) is 0 Å². The van der Waals surface area contributed by atoms with E-state index in [1.807, 2.05) is 25.1 Å². The maximum absolute atomic E-state index is 5.99. The monoisotopic (exact) mass is 405 g/mol. The molecule has 5 N–H and O–H groups in total. The number of anilines is 2. The molecule has 0 unspecified atom stereocenters. The van der Waals surface area contributed by atoms with Crippen LogP contribution in [0.4, 0.5) is 11.4 Å². The molecule has 4 rings (SSSR count). The number of hydrogen-bond acceptors (Lipinski definition) is 3. The topological polar surface area (TPSA) is 64.1 Å². The zero-order valence-electron chi connectivity index (χ0n) is 16.7. The number of nitrogens with two attached hydrogens (primary N) is 2. The first-order valence-corrected chi connectivity index (χ1v) is 9.87. The Bertz CT molecular complexity index is 1110. The fourth-order valence-electron chi connectivity index (χ4n) is 3.80. The predicted molar refractivity (Wildman–Crippen MR) is 127 cm³/mol. The summed E-state index contributed by atoms with van der Waals surface area (Å²) in [6.07, 6.45) is 4.46. The predicted octanol–water partition coefficient (Wildman–Crippen LogP) is 3.61. The van der Waals surface area contributed by atoms with Gasteiger partial charge in [-0.3, -0.25) is 0 Å². The molecule has 0 bridgehead atoms. The number of nitrogens with one attached hydrogen (secondary N) is 1. The molecule has 1 heterocycles. The van der Waals surface area contributed by atoms with E-state index in [9.17, 15) is 0 Å². The summed E-state index contributed by atoms with van der Waals surface area (Å²) in [5.41, 5.74) is 19.7. The van der Waals surface area contributed by atoms with Crippen LogP contribution in [0.5, 0.6) is 0 Å². The van der Waals surface area contributed by atoms with Crippen LogP contribution in [0.3, 0.4) is 0 Å². The molecule has 150 valence electrons. The minimum Gasteiger partial charge on any atom is -0.399 e. The van der Waals surface area contributed by atoms with Crippen molar-refractivity contribution in [2.24, 2.45) is 0 Å². The lowest BCUT2D eigenvalue weighted by Crippen LogP contribution is -2.26. The van der Waals surface area contributed by atoms with Crippen molar-refractivity contribution in [1.29, 1.82) is 0 Å². The molecule has 1 fully saturated rings. The lowest BCUT2D eigenvalue weighted by molar-refractivity contribution is 0.650. The highest BCUT2D eigenvalue weighted by molar-refractivity contribution is 5.85.